The molecule has 2 aliphatic heterocycles. The van der Waals surface area contributed by atoms with Crippen LogP contribution in [0.25, 0.3) is 5.57 Å². The maximum atomic E-state index is 5.09. The van der Waals surface area contributed by atoms with Crippen molar-refractivity contribution in [3.05, 3.63) is 59.8 Å². The molecule has 3 heterocycles. The second-order valence-corrected chi connectivity index (χ2v) is 11.2. The van der Waals surface area contributed by atoms with Gasteiger partial charge in [-0.2, -0.15) is 0 Å². The van der Waals surface area contributed by atoms with Crippen LogP contribution in [0.5, 0.6) is 0 Å². The molecule has 1 aromatic carbocycles. The van der Waals surface area contributed by atoms with Gasteiger partial charge < -0.3 is 4.98 Å². The number of aromatic amines is 1. The van der Waals surface area contributed by atoms with Crippen molar-refractivity contribution in [2.24, 2.45) is 16.3 Å². The molecule has 1 aromatic heterocycles. The fourth-order valence-corrected chi connectivity index (χ4v) is 6.19. The van der Waals surface area contributed by atoms with Crippen LogP contribution in [-0.4, -0.2) is 28.7 Å². The normalized spacial score (nSPS) is 23.0. The highest BCUT2D eigenvalue weighted by Crippen LogP contribution is 2.51. The number of allylic oxidation sites excluding steroid dienone is 2. The molecule has 34 heavy (non-hydrogen) atoms. The van der Waals surface area contributed by atoms with Crippen molar-refractivity contribution < 1.29 is 0 Å². The van der Waals surface area contributed by atoms with Gasteiger partial charge in [0.2, 0.25) is 0 Å². The average molecular weight is 458 g/mol. The van der Waals surface area contributed by atoms with Gasteiger partial charge in [0.15, 0.2) is 0 Å². The van der Waals surface area contributed by atoms with Gasteiger partial charge in [0.05, 0.1) is 0 Å². The highest BCUT2D eigenvalue weighted by molar-refractivity contribution is 5.89. The third-order valence-electron chi connectivity index (χ3n) is 8.43. The van der Waals surface area contributed by atoms with E-state index in [2.05, 4.69) is 65.5 Å². The largest absolute Gasteiger partial charge is 0.346 e. The molecule has 2 fully saturated rings. The highest BCUT2D eigenvalue weighted by Gasteiger charge is 2.43. The maximum absolute atomic E-state index is 5.09. The van der Waals surface area contributed by atoms with E-state index in [0.29, 0.717) is 5.41 Å². The number of benzene rings is 1. The Kier molecular flexibility index (Phi) is 7.69. The molecule has 1 N–H and O–H groups in total. The van der Waals surface area contributed by atoms with Gasteiger partial charge in [0.1, 0.15) is 5.82 Å². The Morgan fingerprint density at radius 1 is 1.09 bits per heavy atom. The van der Waals surface area contributed by atoms with Gasteiger partial charge in [0.25, 0.3) is 0 Å². The van der Waals surface area contributed by atoms with E-state index in [1.54, 1.807) is 0 Å². The number of aliphatic imine (C=N–C) groups is 1. The van der Waals surface area contributed by atoms with Crippen LogP contribution in [0.3, 0.4) is 0 Å². The van der Waals surface area contributed by atoms with Crippen LogP contribution in [0.15, 0.2) is 53.7 Å². The van der Waals surface area contributed by atoms with E-state index in [1.165, 1.54) is 93.3 Å². The molecule has 0 radical (unpaired) electrons. The van der Waals surface area contributed by atoms with E-state index in [9.17, 15) is 0 Å². The first-order valence-electron chi connectivity index (χ1n) is 13.9. The summed E-state index contributed by atoms with van der Waals surface area (Å²) in [5, 5.41) is 0. The van der Waals surface area contributed by atoms with Crippen molar-refractivity contribution in [1.29, 1.82) is 0 Å². The molecule has 182 valence electrons. The monoisotopic (exact) mass is 457 g/mol. The van der Waals surface area contributed by atoms with Gasteiger partial charge in [-0.3, -0.25) is 4.90 Å². The van der Waals surface area contributed by atoms with E-state index < -0.39 is 0 Å². The summed E-state index contributed by atoms with van der Waals surface area (Å²) in [7, 11) is 0. The number of nitrogens with zero attached hydrogens (tertiary/aromatic N) is 2. The lowest BCUT2D eigenvalue weighted by Crippen LogP contribution is -2.31. The third-order valence-corrected chi connectivity index (χ3v) is 8.43. The summed E-state index contributed by atoms with van der Waals surface area (Å²) in [5.41, 5.74) is 6.35. The Hall–Kier alpha value is -2.13. The molecule has 3 heteroatoms. The van der Waals surface area contributed by atoms with E-state index in [-0.39, 0.29) is 0 Å². The SMILES string of the molecule is CCCCC1=Nc2[nH]ccc2C(CC2CCCC3(CC3)CN(Cc3ccccc3)CC2)=CCC1. The Morgan fingerprint density at radius 2 is 1.97 bits per heavy atom. The third kappa shape index (κ3) is 6.10. The van der Waals surface area contributed by atoms with Crippen molar-refractivity contribution >= 4 is 17.1 Å². The molecule has 1 saturated carbocycles. The van der Waals surface area contributed by atoms with Gasteiger partial charge >= 0.3 is 0 Å². The Morgan fingerprint density at radius 3 is 2.79 bits per heavy atom. The minimum atomic E-state index is 0.626. The standard InChI is InChI=1S/C31H43N3/c1-2-3-13-28-14-7-12-27(29-15-20-32-30(29)33-28)22-25-11-8-17-31(18-19-31)24-34(21-16-25)23-26-9-5-4-6-10-26/h4-6,9-10,12,15,20,25,32H,2-3,7-8,11,13-14,16-19,21-24H2,1H3. The number of fused-ring (bicyclic) bond motifs is 1. The molecule has 3 aliphatic rings. The fourth-order valence-electron chi connectivity index (χ4n) is 6.19. The number of nitrogens with one attached hydrogen (secondary N) is 1. The molecule has 2 aromatic rings. The van der Waals surface area contributed by atoms with Crippen LogP contribution in [-0.2, 0) is 6.54 Å². The number of H-pyrrole nitrogens is 1. The van der Waals surface area contributed by atoms with Crippen molar-refractivity contribution in [2.75, 3.05) is 13.1 Å². The van der Waals surface area contributed by atoms with Gasteiger partial charge in [-0.1, -0.05) is 62.6 Å². The lowest BCUT2D eigenvalue weighted by molar-refractivity contribution is 0.203. The molecule has 1 spiro atoms. The zero-order chi connectivity index (χ0) is 23.2. The van der Waals surface area contributed by atoms with Crippen molar-refractivity contribution in [3.63, 3.8) is 0 Å². The van der Waals surface area contributed by atoms with Crippen LogP contribution >= 0.6 is 0 Å². The molecule has 1 saturated heterocycles. The predicted molar refractivity (Wildman–Crippen MR) is 145 cm³/mol. The zero-order valence-corrected chi connectivity index (χ0v) is 21.2. The minimum absolute atomic E-state index is 0.626. The van der Waals surface area contributed by atoms with Gasteiger partial charge in [-0.15, -0.1) is 0 Å². The molecule has 1 atom stereocenters. The van der Waals surface area contributed by atoms with Crippen LogP contribution < -0.4 is 0 Å². The number of hydrogen-bond acceptors (Lipinski definition) is 2. The Bertz CT molecular complexity index is 979. The molecular formula is C31H43N3. The van der Waals surface area contributed by atoms with Crippen molar-refractivity contribution in [3.8, 4) is 0 Å². The summed E-state index contributed by atoms with van der Waals surface area (Å²) in [5.74, 6) is 1.87. The van der Waals surface area contributed by atoms with Crippen LogP contribution in [0, 0.1) is 11.3 Å². The summed E-state index contributed by atoms with van der Waals surface area (Å²) in [6, 6.07) is 13.4. The summed E-state index contributed by atoms with van der Waals surface area (Å²) in [6.45, 7) is 5.91. The fraction of sp³-hybridized carbons (Fsp3) is 0.581. The Labute approximate surface area is 206 Å². The molecule has 5 rings (SSSR count). The topological polar surface area (TPSA) is 31.4 Å². The minimum Gasteiger partial charge on any atom is -0.346 e. The van der Waals surface area contributed by atoms with Gasteiger partial charge in [0, 0.05) is 30.6 Å². The summed E-state index contributed by atoms with van der Waals surface area (Å²) in [4.78, 5) is 11.3. The average Bonchev–Trinajstić information content (AvgIpc) is 3.42. The van der Waals surface area contributed by atoms with Gasteiger partial charge in [-0.25, -0.2) is 4.99 Å². The molecule has 1 unspecified atom stereocenters. The summed E-state index contributed by atoms with van der Waals surface area (Å²) >= 11 is 0. The first-order valence-corrected chi connectivity index (χ1v) is 13.9. The van der Waals surface area contributed by atoms with Crippen LogP contribution in [0.1, 0.15) is 95.1 Å². The summed E-state index contributed by atoms with van der Waals surface area (Å²) < 4.78 is 0. The maximum Gasteiger partial charge on any atom is 0.137 e. The molecule has 3 nitrogen and oxygen atoms in total. The first kappa shape index (κ1) is 23.6. The predicted octanol–water partition coefficient (Wildman–Crippen LogP) is 8.32. The number of unbranched alkanes of at least 4 members (excludes halogenated alkanes) is 1. The lowest BCUT2D eigenvalue weighted by atomic mass is 9.87. The number of rotatable bonds is 7. The van der Waals surface area contributed by atoms with Gasteiger partial charge in [-0.05, 0) is 92.9 Å². The summed E-state index contributed by atoms with van der Waals surface area (Å²) in [6.07, 6.45) is 20.1. The molecular weight excluding hydrogens is 414 g/mol. The quantitative estimate of drug-likeness (QED) is 0.445. The van der Waals surface area contributed by atoms with Crippen molar-refractivity contribution in [2.45, 2.75) is 90.5 Å². The number of hydrogen-bond donors (Lipinski definition) is 1. The van der Waals surface area contributed by atoms with Crippen molar-refractivity contribution in [1.82, 2.24) is 9.88 Å². The smallest absolute Gasteiger partial charge is 0.137 e. The van der Waals surface area contributed by atoms with E-state index in [4.69, 9.17) is 4.99 Å². The molecule has 0 bridgehead atoms. The molecule has 0 amide bonds. The second kappa shape index (κ2) is 11.1. The zero-order valence-electron chi connectivity index (χ0n) is 21.2. The Balaban J connectivity index is 1.28. The van der Waals surface area contributed by atoms with E-state index in [0.717, 1.165) is 37.5 Å². The first-order chi connectivity index (χ1) is 16.7. The number of aromatic nitrogens is 1. The van der Waals surface area contributed by atoms with Crippen LogP contribution in [0.2, 0.25) is 0 Å². The highest BCUT2D eigenvalue weighted by atomic mass is 15.1. The van der Waals surface area contributed by atoms with E-state index in [1.807, 2.05) is 0 Å². The van der Waals surface area contributed by atoms with E-state index >= 15 is 0 Å². The van der Waals surface area contributed by atoms with Crippen LogP contribution in [0.4, 0.5) is 5.82 Å². The second-order valence-electron chi connectivity index (χ2n) is 11.2. The lowest BCUT2D eigenvalue weighted by Gasteiger charge is -2.27. The molecule has 1 aliphatic carbocycles.